The molecule has 1 heterocycles. The number of carbonyl (C=O) groups excluding carboxylic acids is 1. The number of Topliss-reactive ketones (excluding diaryl/α,β-unsaturated/α-hetero) is 1. The van der Waals surface area contributed by atoms with Crippen LogP contribution in [-0.4, -0.2) is 96.2 Å². The molecule has 0 radical (unpaired) electrons. The summed E-state index contributed by atoms with van der Waals surface area (Å²) in [4.78, 5) is 12.3. The van der Waals surface area contributed by atoms with E-state index in [9.17, 15) is 45.6 Å². The lowest BCUT2D eigenvalue weighted by Crippen LogP contribution is -2.59. The molecule has 11 nitrogen and oxygen atoms in total. The molecule has 8 N–H and O–H groups in total. The van der Waals surface area contributed by atoms with Gasteiger partial charge in [-0.3, -0.25) is 4.79 Å². The Morgan fingerprint density at radius 3 is 2.02 bits per heavy atom. The summed E-state index contributed by atoms with van der Waals surface area (Å²) in [6, 6.07) is 2.07. The third-order valence-corrected chi connectivity index (χ3v) is 7.64. The van der Waals surface area contributed by atoms with E-state index in [4.69, 9.17) is 9.47 Å². The highest BCUT2D eigenvalue weighted by Gasteiger charge is 2.44. The number of hydrogen-bond acceptors (Lipinski definition) is 11. The van der Waals surface area contributed by atoms with E-state index in [1.807, 2.05) is 6.92 Å². The Kier molecular flexibility index (Phi) is 15.9. The Labute approximate surface area is 242 Å². The number of benzene rings is 1. The lowest BCUT2D eigenvalue weighted by atomic mass is 9.98. The molecule has 0 aromatic heterocycles. The zero-order chi connectivity index (χ0) is 30.4. The quantitative estimate of drug-likeness (QED) is 0.0825. The number of carbonyl (C=O) groups is 1. The molecule has 236 valence electrons. The Hall–Kier alpha value is -1.99. The normalized spacial score (nSPS) is 24.3. The molecule has 7 atom stereocenters. The van der Waals surface area contributed by atoms with Gasteiger partial charge in [0.05, 0.1) is 18.8 Å². The van der Waals surface area contributed by atoms with Gasteiger partial charge in [0, 0.05) is 18.6 Å². The molecule has 41 heavy (non-hydrogen) atoms. The molecule has 0 bridgehead atoms. The first-order valence-corrected chi connectivity index (χ1v) is 15.0. The molecule has 0 saturated carbocycles. The zero-order valence-electron chi connectivity index (χ0n) is 24.1. The number of aliphatic hydroxyl groups excluding tert-OH is 5. The fourth-order valence-corrected chi connectivity index (χ4v) is 5.20. The fourth-order valence-electron chi connectivity index (χ4n) is 5.20. The highest BCUT2D eigenvalue weighted by atomic mass is 16.7. The number of rotatable bonds is 20. The van der Waals surface area contributed by atoms with Gasteiger partial charge in [0.1, 0.15) is 47.2 Å². The van der Waals surface area contributed by atoms with Crippen LogP contribution in [0.1, 0.15) is 107 Å². The van der Waals surface area contributed by atoms with E-state index in [2.05, 4.69) is 0 Å². The third kappa shape index (κ3) is 11.7. The number of aliphatic hydroxyl groups is 5. The summed E-state index contributed by atoms with van der Waals surface area (Å²) in [6.07, 6.45) is 3.37. The fraction of sp³-hybridized carbons (Fsp3) is 0.767. The molecule has 3 unspecified atom stereocenters. The van der Waals surface area contributed by atoms with E-state index >= 15 is 0 Å². The van der Waals surface area contributed by atoms with Crippen LogP contribution in [0.25, 0.3) is 0 Å². The molecule has 0 spiro atoms. The standard InChI is InChI=1S/C30H50O11/c1-2-3-13-21(40-30-29(39)28(38)27(37)25(18-31)41-30)15-19(32)12-10-8-6-4-5-7-9-11-14-22(34)26-23(35)16-20(33)17-24(26)36/h16-17,19,21,25,27-33,35-39H,2-15,18H2,1H3/t19?,21?,25-,27-,28+,29+,30?/m1/s1. The summed E-state index contributed by atoms with van der Waals surface area (Å²) in [7, 11) is 0. The molecule has 0 amide bonds. The van der Waals surface area contributed by atoms with E-state index in [1.54, 1.807) is 0 Å². The van der Waals surface area contributed by atoms with Crippen molar-refractivity contribution in [3.8, 4) is 17.2 Å². The Morgan fingerprint density at radius 2 is 1.44 bits per heavy atom. The predicted molar refractivity (Wildman–Crippen MR) is 151 cm³/mol. The minimum absolute atomic E-state index is 0.151. The van der Waals surface area contributed by atoms with Crippen molar-refractivity contribution in [2.75, 3.05) is 6.61 Å². The molecule has 1 aliphatic rings. The van der Waals surface area contributed by atoms with Crippen molar-refractivity contribution in [3.05, 3.63) is 17.7 Å². The highest BCUT2D eigenvalue weighted by molar-refractivity contribution is 6.01. The second kappa shape index (κ2) is 18.5. The van der Waals surface area contributed by atoms with Crippen LogP contribution in [0, 0.1) is 0 Å². The number of aromatic hydroxyl groups is 3. The largest absolute Gasteiger partial charge is 0.508 e. The van der Waals surface area contributed by atoms with Crippen molar-refractivity contribution in [1.82, 2.24) is 0 Å². The summed E-state index contributed by atoms with van der Waals surface area (Å²) >= 11 is 0. The lowest BCUT2D eigenvalue weighted by molar-refractivity contribution is -0.313. The van der Waals surface area contributed by atoms with Crippen LogP contribution in [0.4, 0.5) is 0 Å². The van der Waals surface area contributed by atoms with Crippen molar-refractivity contribution in [3.63, 3.8) is 0 Å². The van der Waals surface area contributed by atoms with E-state index in [1.165, 1.54) is 0 Å². The maximum absolute atomic E-state index is 12.3. The molecule has 1 aliphatic heterocycles. The number of unbranched alkanes of at least 4 members (excludes halogenated alkanes) is 8. The molecule has 1 aromatic rings. The summed E-state index contributed by atoms with van der Waals surface area (Å²) in [5.41, 5.74) is -0.151. The van der Waals surface area contributed by atoms with Crippen LogP contribution >= 0.6 is 0 Å². The second-order valence-corrected chi connectivity index (χ2v) is 11.1. The number of phenolic OH excluding ortho intramolecular Hbond substituents is 3. The first kappa shape index (κ1) is 35.2. The second-order valence-electron chi connectivity index (χ2n) is 11.1. The first-order valence-electron chi connectivity index (χ1n) is 15.0. The van der Waals surface area contributed by atoms with Gasteiger partial charge in [0.15, 0.2) is 12.1 Å². The van der Waals surface area contributed by atoms with Gasteiger partial charge in [-0.05, 0) is 25.7 Å². The highest BCUT2D eigenvalue weighted by Crippen LogP contribution is 2.33. The van der Waals surface area contributed by atoms with Crippen molar-refractivity contribution in [2.45, 2.75) is 140 Å². The topological polar surface area (TPSA) is 197 Å². The van der Waals surface area contributed by atoms with Crippen LogP contribution in [0.3, 0.4) is 0 Å². The maximum Gasteiger partial charge on any atom is 0.186 e. The van der Waals surface area contributed by atoms with Crippen LogP contribution in [0.5, 0.6) is 17.2 Å². The molecule has 2 rings (SSSR count). The third-order valence-electron chi connectivity index (χ3n) is 7.64. The van der Waals surface area contributed by atoms with Crippen molar-refractivity contribution in [2.24, 2.45) is 0 Å². The average molecular weight is 587 g/mol. The SMILES string of the molecule is CCCCC(CC(O)CCCCCCCCCCC(=O)c1c(O)cc(O)cc1O)OC1O[C@H](CO)[C@@H](O)[C@H](O)[C@@H]1O. The van der Waals surface area contributed by atoms with E-state index in [0.29, 0.717) is 25.7 Å². The van der Waals surface area contributed by atoms with E-state index in [0.717, 1.165) is 69.9 Å². The summed E-state index contributed by atoms with van der Waals surface area (Å²) in [6.45, 7) is 1.51. The minimum atomic E-state index is -1.50. The van der Waals surface area contributed by atoms with Crippen molar-refractivity contribution in [1.29, 1.82) is 0 Å². The van der Waals surface area contributed by atoms with Crippen LogP contribution < -0.4 is 0 Å². The molecule has 1 fully saturated rings. The smallest absolute Gasteiger partial charge is 0.186 e. The van der Waals surface area contributed by atoms with Gasteiger partial charge < -0.3 is 50.3 Å². The summed E-state index contributed by atoms with van der Waals surface area (Å²) in [5.74, 6) is -1.50. The molecule has 0 aliphatic carbocycles. The summed E-state index contributed by atoms with van der Waals surface area (Å²) < 4.78 is 11.4. The lowest BCUT2D eigenvalue weighted by Gasteiger charge is -2.41. The maximum atomic E-state index is 12.3. The summed E-state index contributed by atoms with van der Waals surface area (Å²) in [5, 5.41) is 79.2. The molecule has 11 heteroatoms. The Balaban J connectivity index is 1.60. The van der Waals surface area contributed by atoms with Gasteiger partial charge >= 0.3 is 0 Å². The van der Waals surface area contributed by atoms with Gasteiger partial charge in [-0.2, -0.15) is 0 Å². The van der Waals surface area contributed by atoms with Crippen LogP contribution in [0.15, 0.2) is 12.1 Å². The molecular formula is C30H50O11. The predicted octanol–water partition coefficient (Wildman–Crippen LogP) is 3.01. The van der Waals surface area contributed by atoms with Gasteiger partial charge in [-0.25, -0.2) is 0 Å². The average Bonchev–Trinajstić information content (AvgIpc) is 2.92. The Morgan fingerprint density at radius 1 is 0.854 bits per heavy atom. The molecule has 1 saturated heterocycles. The number of hydrogen-bond donors (Lipinski definition) is 8. The monoisotopic (exact) mass is 586 g/mol. The van der Waals surface area contributed by atoms with Crippen molar-refractivity contribution >= 4 is 5.78 Å². The van der Waals surface area contributed by atoms with Crippen LogP contribution in [0.2, 0.25) is 0 Å². The van der Waals surface area contributed by atoms with Gasteiger partial charge in [-0.1, -0.05) is 64.7 Å². The minimum Gasteiger partial charge on any atom is -0.508 e. The van der Waals surface area contributed by atoms with Crippen molar-refractivity contribution < 1.29 is 55.1 Å². The van der Waals surface area contributed by atoms with Gasteiger partial charge in [0.2, 0.25) is 0 Å². The number of phenols is 3. The molecule has 1 aromatic carbocycles. The number of ketones is 1. The first-order chi connectivity index (χ1) is 19.6. The van der Waals surface area contributed by atoms with E-state index in [-0.39, 0.29) is 23.5 Å². The Bertz CT molecular complexity index is 870. The zero-order valence-corrected chi connectivity index (χ0v) is 24.1. The van der Waals surface area contributed by atoms with E-state index < -0.39 is 61.0 Å². The molecular weight excluding hydrogens is 536 g/mol. The number of ether oxygens (including phenoxy) is 2. The van der Waals surface area contributed by atoms with Gasteiger partial charge in [-0.15, -0.1) is 0 Å². The van der Waals surface area contributed by atoms with Gasteiger partial charge in [0.25, 0.3) is 0 Å². The van der Waals surface area contributed by atoms with Crippen LogP contribution in [-0.2, 0) is 9.47 Å².